The zero-order valence-electron chi connectivity index (χ0n) is 16.6. The predicted molar refractivity (Wildman–Crippen MR) is 107 cm³/mol. The summed E-state index contributed by atoms with van der Waals surface area (Å²) in [7, 11) is 0. The SMILES string of the molecule is C=CCNC(=O)N1CCOC(CN(CC(C)C)C(=O)c2ccc(C)cc2)C1. The van der Waals surface area contributed by atoms with Gasteiger partial charge in [0.2, 0.25) is 0 Å². The first kappa shape index (κ1) is 21.0. The number of carbonyl (C=O) groups excluding carboxylic acids is 2. The second-order valence-corrected chi connectivity index (χ2v) is 7.38. The minimum Gasteiger partial charge on any atom is -0.373 e. The highest BCUT2D eigenvalue weighted by Gasteiger charge is 2.28. The first-order valence-corrected chi connectivity index (χ1v) is 9.52. The molecule has 0 bridgehead atoms. The van der Waals surface area contributed by atoms with E-state index in [-0.39, 0.29) is 18.0 Å². The van der Waals surface area contributed by atoms with E-state index in [2.05, 4.69) is 25.7 Å². The molecule has 1 saturated heterocycles. The van der Waals surface area contributed by atoms with Gasteiger partial charge in [0.1, 0.15) is 0 Å². The van der Waals surface area contributed by atoms with E-state index in [1.54, 1.807) is 11.0 Å². The number of nitrogens with one attached hydrogen (secondary N) is 1. The van der Waals surface area contributed by atoms with Crippen molar-refractivity contribution in [2.75, 3.05) is 39.3 Å². The minimum absolute atomic E-state index is 0.000493. The van der Waals surface area contributed by atoms with Crippen LogP contribution in [-0.2, 0) is 4.74 Å². The summed E-state index contributed by atoms with van der Waals surface area (Å²) >= 11 is 0. The number of hydrogen-bond acceptors (Lipinski definition) is 3. The van der Waals surface area contributed by atoms with Crippen LogP contribution in [0.2, 0.25) is 0 Å². The average molecular weight is 373 g/mol. The smallest absolute Gasteiger partial charge is 0.317 e. The molecule has 1 aromatic rings. The van der Waals surface area contributed by atoms with Crippen molar-refractivity contribution in [3.63, 3.8) is 0 Å². The molecule has 2 rings (SSSR count). The summed E-state index contributed by atoms with van der Waals surface area (Å²) in [6, 6.07) is 7.50. The van der Waals surface area contributed by atoms with Gasteiger partial charge in [-0.15, -0.1) is 6.58 Å². The van der Waals surface area contributed by atoms with Crippen LogP contribution < -0.4 is 5.32 Å². The van der Waals surface area contributed by atoms with E-state index in [1.807, 2.05) is 36.1 Å². The zero-order valence-corrected chi connectivity index (χ0v) is 16.6. The van der Waals surface area contributed by atoms with Crippen LogP contribution in [0.4, 0.5) is 4.79 Å². The molecule has 0 radical (unpaired) electrons. The maximum Gasteiger partial charge on any atom is 0.317 e. The van der Waals surface area contributed by atoms with Crippen LogP contribution >= 0.6 is 0 Å². The molecule has 148 valence electrons. The number of hydrogen-bond donors (Lipinski definition) is 1. The fourth-order valence-electron chi connectivity index (χ4n) is 3.09. The Balaban J connectivity index is 2.04. The van der Waals surface area contributed by atoms with Gasteiger partial charge in [0.05, 0.1) is 19.3 Å². The molecule has 0 aromatic heterocycles. The molecule has 6 heteroatoms. The van der Waals surface area contributed by atoms with Crippen molar-refractivity contribution in [2.24, 2.45) is 5.92 Å². The summed E-state index contributed by atoms with van der Waals surface area (Å²) in [5.41, 5.74) is 1.80. The Hall–Kier alpha value is -2.34. The number of morpholine rings is 1. The Morgan fingerprint density at radius 3 is 2.70 bits per heavy atom. The molecule has 0 aliphatic carbocycles. The van der Waals surface area contributed by atoms with Gasteiger partial charge < -0.3 is 19.9 Å². The van der Waals surface area contributed by atoms with Crippen molar-refractivity contribution in [1.29, 1.82) is 0 Å². The highest BCUT2D eigenvalue weighted by atomic mass is 16.5. The zero-order chi connectivity index (χ0) is 19.8. The van der Waals surface area contributed by atoms with E-state index in [0.29, 0.717) is 50.8 Å². The Bertz CT molecular complexity index is 643. The van der Waals surface area contributed by atoms with Gasteiger partial charge in [-0.1, -0.05) is 37.6 Å². The minimum atomic E-state index is -0.193. The van der Waals surface area contributed by atoms with Crippen molar-refractivity contribution < 1.29 is 14.3 Å². The number of aryl methyl sites for hydroxylation is 1. The van der Waals surface area contributed by atoms with E-state index < -0.39 is 0 Å². The molecule has 1 unspecified atom stereocenters. The summed E-state index contributed by atoms with van der Waals surface area (Å²) < 4.78 is 5.84. The average Bonchev–Trinajstić information content (AvgIpc) is 2.65. The molecule has 1 atom stereocenters. The molecule has 1 aromatic carbocycles. The van der Waals surface area contributed by atoms with E-state index in [1.165, 1.54) is 0 Å². The van der Waals surface area contributed by atoms with Crippen LogP contribution in [0.5, 0.6) is 0 Å². The van der Waals surface area contributed by atoms with Gasteiger partial charge in [0.15, 0.2) is 0 Å². The van der Waals surface area contributed by atoms with E-state index >= 15 is 0 Å². The standard InChI is InChI=1S/C21H31N3O3/c1-5-10-22-21(26)23-11-12-27-19(14-23)15-24(13-16(2)3)20(25)18-8-6-17(4)7-9-18/h5-9,16,19H,1,10-15H2,2-4H3,(H,22,26). The lowest BCUT2D eigenvalue weighted by Crippen LogP contribution is -2.53. The molecule has 1 heterocycles. The number of urea groups is 1. The normalized spacial score (nSPS) is 16.9. The third-order valence-corrected chi connectivity index (χ3v) is 4.42. The second kappa shape index (κ2) is 10.1. The highest BCUT2D eigenvalue weighted by molar-refractivity contribution is 5.94. The van der Waals surface area contributed by atoms with Gasteiger partial charge in [-0.05, 0) is 25.0 Å². The number of nitrogens with zero attached hydrogens (tertiary/aromatic N) is 2. The summed E-state index contributed by atoms with van der Waals surface area (Å²) in [6.07, 6.45) is 1.46. The fraction of sp³-hybridized carbons (Fsp3) is 0.524. The lowest BCUT2D eigenvalue weighted by molar-refractivity contribution is -0.0286. The predicted octanol–water partition coefficient (Wildman–Crippen LogP) is 2.69. The van der Waals surface area contributed by atoms with Crippen LogP contribution in [0.15, 0.2) is 36.9 Å². The van der Waals surface area contributed by atoms with Gasteiger partial charge in [0.25, 0.3) is 5.91 Å². The summed E-state index contributed by atoms with van der Waals surface area (Å²) in [6.45, 7) is 12.8. The molecule has 1 aliphatic heterocycles. The molecule has 1 N–H and O–H groups in total. The molecule has 0 spiro atoms. The molecule has 27 heavy (non-hydrogen) atoms. The lowest BCUT2D eigenvalue weighted by atomic mass is 10.1. The molecule has 6 nitrogen and oxygen atoms in total. The Labute approximate surface area is 162 Å². The molecular weight excluding hydrogens is 342 g/mol. The molecular formula is C21H31N3O3. The largest absolute Gasteiger partial charge is 0.373 e. The summed E-state index contributed by atoms with van der Waals surface area (Å²) in [5.74, 6) is 0.343. The topological polar surface area (TPSA) is 61.9 Å². The van der Waals surface area contributed by atoms with Crippen molar-refractivity contribution in [3.8, 4) is 0 Å². The molecule has 1 fully saturated rings. The molecule has 1 aliphatic rings. The van der Waals surface area contributed by atoms with Gasteiger partial charge in [-0.3, -0.25) is 4.79 Å². The van der Waals surface area contributed by atoms with Crippen LogP contribution in [0.1, 0.15) is 29.8 Å². The van der Waals surface area contributed by atoms with Crippen LogP contribution in [0, 0.1) is 12.8 Å². The van der Waals surface area contributed by atoms with Gasteiger partial charge in [0, 0.05) is 31.7 Å². The van der Waals surface area contributed by atoms with E-state index in [9.17, 15) is 9.59 Å². The summed E-state index contributed by atoms with van der Waals surface area (Å²) in [4.78, 5) is 28.7. The lowest BCUT2D eigenvalue weighted by Gasteiger charge is -2.36. The highest BCUT2D eigenvalue weighted by Crippen LogP contribution is 2.13. The second-order valence-electron chi connectivity index (χ2n) is 7.38. The maximum absolute atomic E-state index is 13.0. The number of benzene rings is 1. The quantitative estimate of drug-likeness (QED) is 0.748. The monoisotopic (exact) mass is 373 g/mol. The number of rotatable bonds is 7. The Morgan fingerprint density at radius 2 is 2.07 bits per heavy atom. The fourth-order valence-corrected chi connectivity index (χ4v) is 3.09. The van der Waals surface area contributed by atoms with Gasteiger partial charge in [-0.2, -0.15) is 0 Å². The van der Waals surface area contributed by atoms with Crippen molar-refractivity contribution >= 4 is 11.9 Å². The third kappa shape index (κ3) is 6.40. The van der Waals surface area contributed by atoms with Crippen molar-refractivity contribution in [1.82, 2.24) is 15.1 Å². The van der Waals surface area contributed by atoms with E-state index in [0.717, 1.165) is 5.56 Å². The van der Waals surface area contributed by atoms with Gasteiger partial charge >= 0.3 is 6.03 Å². The maximum atomic E-state index is 13.0. The number of carbonyl (C=O) groups is 2. The summed E-state index contributed by atoms with van der Waals surface area (Å²) in [5, 5.41) is 2.79. The Morgan fingerprint density at radius 1 is 1.37 bits per heavy atom. The number of amides is 3. The first-order valence-electron chi connectivity index (χ1n) is 9.52. The third-order valence-electron chi connectivity index (χ3n) is 4.42. The Kier molecular flexibility index (Phi) is 7.85. The van der Waals surface area contributed by atoms with E-state index in [4.69, 9.17) is 4.74 Å². The molecule has 0 saturated carbocycles. The van der Waals surface area contributed by atoms with Crippen LogP contribution in [-0.4, -0.2) is 67.2 Å². The number of ether oxygens (including phenoxy) is 1. The van der Waals surface area contributed by atoms with Crippen molar-refractivity contribution in [2.45, 2.75) is 26.9 Å². The molecule has 3 amide bonds. The first-order chi connectivity index (χ1) is 12.9. The van der Waals surface area contributed by atoms with Gasteiger partial charge in [-0.25, -0.2) is 4.79 Å². The van der Waals surface area contributed by atoms with Crippen LogP contribution in [0.3, 0.4) is 0 Å². The van der Waals surface area contributed by atoms with Crippen molar-refractivity contribution in [3.05, 3.63) is 48.0 Å². The van der Waals surface area contributed by atoms with Crippen LogP contribution in [0.25, 0.3) is 0 Å².